The molecule has 2 atom stereocenters. The Balaban J connectivity index is 1.24. The predicted octanol–water partition coefficient (Wildman–Crippen LogP) is 9.27. The van der Waals surface area contributed by atoms with Gasteiger partial charge in [-0.2, -0.15) is 0 Å². The number of fused-ring (bicyclic) bond motifs is 6. The Bertz CT molecular complexity index is 2210. The lowest BCUT2D eigenvalue weighted by Gasteiger charge is -2.23. The summed E-state index contributed by atoms with van der Waals surface area (Å²) in [5, 5.41) is 2.01. The Morgan fingerprint density at radius 2 is 1.27 bits per heavy atom. The molecule has 0 spiro atoms. The first-order chi connectivity index (χ1) is 21.8. The quantitative estimate of drug-likeness (QED) is 0.212. The zero-order valence-corrected chi connectivity index (χ0v) is 23.6. The first-order valence-electron chi connectivity index (χ1n) is 14.8. The van der Waals surface area contributed by atoms with Gasteiger partial charge in [-0.1, -0.05) is 109 Å². The Morgan fingerprint density at radius 3 is 2.05 bits per heavy atom. The normalized spacial score (nSPS) is 16.9. The van der Waals surface area contributed by atoms with Crippen LogP contribution in [0.2, 0.25) is 0 Å². The van der Waals surface area contributed by atoms with E-state index in [0.717, 1.165) is 49.9 Å². The fourth-order valence-electron chi connectivity index (χ4n) is 6.50. The molecule has 7 aromatic rings. The van der Waals surface area contributed by atoms with E-state index in [1.165, 1.54) is 11.1 Å². The van der Waals surface area contributed by atoms with Gasteiger partial charge in [0.2, 0.25) is 0 Å². The van der Waals surface area contributed by atoms with Crippen molar-refractivity contribution in [1.29, 1.82) is 0 Å². The molecular weight excluding hydrogens is 542 g/mol. The summed E-state index contributed by atoms with van der Waals surface area (Å²) >= 11 is 0. The van der Waals surface area contributed by atoms with Crippen molar-refractivity contribution in [2.75, 3.05) is 0 Å². The fraction of sp³-hybridized carbons (Fsp3) is 0.0513. The van der Waals surface area contributed by atoms with Gasteiger partial charge in [0, 0.05) is 33.0 Å². The molecule has 5 heteroatoms. The number of hydrogen-bond acceptors (Lipinski definition) is 5. The van der Waals surface area contributed by atoms with Crippen LogP contribution in [0.3, 0.4) is 0 Å². The molecule has 9 rings (SSSR count). The molecular formula is C39H25N3O2. The monoisotopic (exact) mass is 567 g/mol. The number of hydrogen-bond donors (Lipinski definition) is 0. The highest BCUT2D eigenvalue weighted by Crippen LogP contribution is 2.48. The van der Waals surface area contributed by atoms with Gasteiger partial charge in [-0.15, -0.1) is 0 Å². The molecule has 208 valence electrons. The van der Waals surface area contributed by atoms with Crippen LogP contribution in [0, 0.1) is 0 Å². The predicted molar refractivity (Wildman–Crippen MR) is 174 cm³/mol. The van der Waals surface area contributed by atoms with Gasteiger partial charge < -0.3 is 9.15 Å². The zero-order valence-electron chi connectivity index (χ0n) is 23.6. The van der Waals surface area contributed by atoms with Gasteiger partial charge in [-0.3, -0.25) is 0 Å². The van der Waals surface area contributed by atoms with Gasteiger partial charge in [-0.05, 0) is 41.5 Å². The number of benzene rings is 5. The lowest BCUT2D eigenvalue weighted by Crippen LogP contribution is -2.19. The Kier molecular flexibility index (Phi) is 5.56. The summed E-state index contributed by atoms with van der Waals surface area (Å²) in [5.41, 5.74) is 7.98. The van der Waals surface area contributed by atoms with Crippen LogP contribution in [0.1, 0.15) is 17.0 Å². The van der Waals surface area contributed by atoms with Crippen molar-refractivity contribution in [2.24, 2.45) is 0 Å². The zero-order chi connectivity index (χ0) is 29.0. The van der Waals surface area contributed by atoms with Gasteiger partial charge in [-0.25, -0.2) is 15.0 Å². The molecule has 2 aromatic heterocycles. The van der Waals surface area contributed by atoms with E-state index in [2.05, 4.69) is 60.7 Å². The number of aromatic nitrogens is 3. The first-order valence-corrected chi connectivity index (χ1v) is 14.8. The molecule has 2 aliphatic rings. The molecule has 0 saturated heterocycles. The van der Waals surface area contributed by atoms with Crippen LogP contribution >= 0.6 is 0 Å². The van der Waals surface area contributed by atoms with E-state index in [0.29, 0.717) is 17.5 Å². The molecule has 3 heterocycles. The Hall–Kier alpha value is -5.81. The number of rotatable bonds is 4. The first kappa shape index (κ1) is 24.8. The minimum atomic E-state index is -0.0159. The third-order valence-electron chi connectivity index (χ3n) is 8.53. The van der Waals surface area contributed by atoms with Crippen molar-refractivity contribution in [1.82, 2.24) is 15.0 Å². The maximum absolute atomic E-state index is 6.40. The number of nitrogens with zero attached hydrogens (tertiary/aromatic N) is 3. The topological polar surface area (TPSA) is 61.0 Å². The standard InChI is InChI=1S/C39H25N3O2/c1-3-11-24(12-4-1)37-40-38(25-13-5-2-6-14-25)42-39(41-37)29-17-10-20-34-36(29)30-23-26(21-22-32(30)44-34)27-16-9-19-33-35(27)28-15-7-8-18-31(28)43-33/h1-23,33,35H. The Labute approximate surface area is 253 Å². The molecule has 1 aliphatic carbocycles. The second kappa shape index (κ2) is 9.89. The van der Waals surface area contributed by atoms with Crippen LogP contribution in [0.4, 0.5) is 0 Å². The van der Waals surface area contributed by atoms with Crippen LogP contribution < -0.4 is 4.74 Å². The molecule has 0 N–H and O–H groups in total. The van der Waals surface area contributed by atoms with Crippen molar-refractivity contribution in [3.8, 4) is 39.9 Å². The highest BCUT2D eigenvalue weighted by atomic mass is 16.5. The van der Waals surface area contributed by atoms with Crippen molar-refractivity contribution in [3.63, 3.8) is 0 Å². The van der Waals surface area contributed by atoms with Crippen molar-refractivity contribution in [3.05, 3.63) is 151 Å². The summed E-state index contributed by atoms with van der Waals surface area (Å²) in [6.45, 7) is 0. The van der Waals surface area contributed by atoms with Gasteiger partial charge in [0.15, 0.2) is 17.5 Å². The molecule has 0 fully saturated rings. The molecule has 0 amide bonds. The minimum absolute atomic E-state index is 0.0159. The lowest BCUT2D eigenvalue weighted by atomic mass is 9.81. The number of allylic oxidation sites excluding steroid dienone is 2. The number of ether oxygens (including phenoxy) is 1. The lowest BCUT2D eigenvalue weighted by molar-refractivity contribution is 0.271. The summed E-state index contributed by atoms with van der Waals surface area (Å²) in [6, 6.07) is 41.0. The Morgan fingerprint density at radius 1 is 0.568 bits per heavy atom. The summed E-state index contributed by atoms with van der Waals surface area (Å²) in [5.74, 6) is 2.96. The van der Waals surface area contributed by atoms with Crippen molar-refractivity contribution < 1.29 is 9.15 Å². The molecule has 1 aliphatic heterocycles. The summed E-state index contributed by atoms with van der Waals surface area (Å²) in [6.07, 6.45) is 6.44. The molecule has 0 radical (unpaired) electrons. The van der Waals surface area contributed by atoms with E-state index >= 15 is 0 Å². The maximum atomic E-state index is 6.40. The van der Waals surface area contributed by atoms with Gasteiger partial charge in [0.1, 0.15) is 23.0 Å². The van der Waals surface area contributed by atoms with E-state index in [4.69, 9.17) is 24.1 Å². The van der Waals surface area contributed by atoms with Crippen LogP contribution in [-0.2, 0) is 0 Å². The molecule has 0 bridgehead atoms. The molecule has 44 heavy (non-hydrogen) atoms. The van der Waals surface area contributed by atoms with Crippen LogP contribution in [0.25, 0.3) is 61.7 Å². The van der Waals surface area contributed by atoms with E-state index in [1.54, 1.807) is 0 Å². The van der Waals surface area contributed by atoms with Gasteiger partial charge >= 0.3 is 0 Å². The second-order valence-electron chi connectivity index (χ2n) is 11.1. The highest BCUT2D eigenvalue weighted by molar-refractivity contribution is 6.12. The third kappa shape index (κ3) is 3.97. The smallest absolute Gasteiger partial charge is 0.164 e. The summed E-state index contributed by atoms with van der Waals surface area (Å²) in [7, 11) is 0. The average molecular weight is 568 g/mol. The van der Waals surface area contributed by atoms with Crippen LogP contribution in [0.5, 0.6) is 5.75 Å². The molecule has 5 aromatic carbocycles. The van der Waals surface area contributed by atoms with Crippen molar-refractivity contribution >= 4 is 27.5 Å². The third-order valence-corrected chi connectivity index (χ3v) is 8.53. The largest absolute Gasteiger partial charge is 0.485 e. The minimum Gasteiger partial charge on any atom is -0.485 e. The maximum Gasteiger partial charge on any atom is 0.164 e. The highest BCUT2D eigenvalue weighted by Gasteiger charge is 2.37. The van der Waals surface area contributed by atoms with Gasteiger partial charge in [0.25, 0.3) is 0 Å². The summed E-state index contributed by atoms with van der Waals surface area (Å²) in [4.78, 5) is 14.9. The molecule has 0 saturated carbocycles. The van der Waals surface area contributed by atoms with E-state index < -0.39 is 0 Å². The van der Waals surface area contributed by atoms with Crippen molar-refractivity contribution in [2.45, 2.75) is 12.0 Å². The SMILES string of the molecule is C1=CC2Oc3ccccc3C2C(c2ccc3oc4cccc(-c5nc(-c6ccccc6)nc(-c6ccccc6)n5)c4c3c2)=C1. The van der Waals surface area contributed by atoms with Crippen LogP contribution in [-0.4, -0.2) is 21.1 Å². The number of para-hydroxylation sites is 1. The summed E-state index contributed by atoms with van der Waals surface area (Å²) < 4.78 is 12.7. The average Bonchev–Trinajstić information content (AvgIpc) is 3.67. The van der Waals surface area contributed by atoms with E-state index in [-0.39, 0.29) is 12.0 Å². The van der Waals surface area contributed by atoms with Gasteiger partial charge in [0.05, 0.1) is 5.92 Å². The van der Waals surface area contributed by atoms with Crippen LogP contribution in [0.15, 0.2) is 144 Å². The molecule has 2 unspecified atom stereocenters. The fourth-order valence-corrected chi connectivity index (χ4v) is 6.50. The second-order valence-corrected chi connectivity index (χ2v) is 11.1. The number of furan rings is 1. The molecule has 5 nitrogen and oxygen atoms in total. The van der Waals surface area contributed by atoms with E-state index in [1.807, 2.05) is 78.9 Å². The van der Waals surface area contributed by atoms with E-state index in [9.17, 15) is 0 Å².